The average molecular weight is 490 g/mol. The van der Waals surface area contributed by atoms with Gasteiger partial charge >= 0.3 is 0 Å². The Hall–Kier alpha value is -3.19. The summed E-state index contributed by atoms with van der Waals surface area (Å²) in [6.07, 6.45) is 9.97. The predicted molar refractivity (Wildman–Crippen MR) is 129 cm³/mol. The highest BCUT2D eigenvalue weighted by Crippen LogP contribution is 2.33. The third-order valence-electron chi connectivity index (χ3n) is 5.78. The smallest absolute Gasteiger partial charge is 0.174 e. The van der Waals surface area contributed by atoms with Crippen LogP contribution in [0.15, 0.2) is 59.5 Å². The zero-order chi connectivity index (χ0) is 22.1. The minimum atomic E-state index is 0.282. The molecule has 5 rings (SSSR count). The number of fused-ring (bicyclic) bond motifs is 1. The minimum Gasteiger partial charge on any atom is -0.495 e. The van der Waals surface area contributed by atoms with Crippen LogP contribution in [-0.2, 0) is 6.54 Å². The Bertz CT molecular complexity index is 1270. The SMILES string of the molecule is COc1cc(/C=C/c2nc3n(n2)CCC[C@H]3c2ccc(Br)cc2)ccc1-n1cnc(C)c1. The van der Waals surface area contributed by atoms with Crippen molar-refractivity contribution in [2.75, 3.05) is 7.11 Å². The van der Waals surface area contributed by atoms with Gasteiger partial charge in [0.15, 0.2) is 5.82 Å². The molecular formula is C25H24BrN5O. The van der Waals surface area contributed by atoms with E-state index in [1.165, 1.54) is 5.56 Å². The Balaban J connectivity index is 1.40. The lowest BCUT2D eigenvalue weighted by atomic mass is 9.91. The number of hydrogen-bond acceptors (Lipinski definition) is 4. The van der Waals surface area contributed by atoms with Crippen LogP contribution in [0.5, 0.6) is 5.75 Å². The summed E-state index contributed by atoms with van der Waals surface area (Å²) in [5.41, 5.74) is 4.23. The lowest BCUT2D eigenvalue weighted by molar-refractivity contribution is 0.413. The molecule has 0 N–H and O–H groups in total. The minimum absolute atomic E-state index is 0.282. The van der Waals surface area contributed by atoms with Crippen LogP contribution >= 0.6 is 15.9 Å². The van der Waals surface area contributed by atoms with E-state index < -0.39 is 0 Å². The van der Waals surface area contributed by atoms with E-state index in [9.17, 15) is 0 Å². The Labute approximate surface area is 195 Å². The van der Waals surface area contributed by atoms with E-state index >= 15 is 0 Å². The fraction of sp³-hybridized carbons (Fsp3) is 0.240. The molecule has 0 spiro atoms. The fourth-order valence-corrected chi connectivity index (χ4v) is 4.45. The molecule has 0 unspecified atom stereocenters. The second-order valence-electron chi connectivity index (χ2n) is 7.98. The molecule has 0 fully saturated rings. The maximum Gasteiger partial charge on any atom is 0.174 e. The summed E-state index contributed by atoms with van der Waals surface area (Å²) in [6, 6.07) is 14.6. The molecule has 0 radical (unpaired) electrons. The molecule has 2 aromatic carbocycles. The molecule has 4 aromatic rings. The zero-order valence-electron chi connectivity index (χ0n) is 18.1. The molecule has 0 aliphatic carbocycles. The van der Waals surface area contributed by atoms with Crippen molar-refractivity contribution in [3.8, 4) is 11.4 Å². The highest BCUT2D eigenvalue weighted by Gasteiger charge is 2.25. The molecule has 32 heavy (non-hydrogen) atoms. The van der Waals surface area contributed by atoms with E-state index in [4.69, 9.17) is 14.8 Å². The third kappa shape index (κ3) is 4.12. The largest absolute Gasteiger partial charge is 0.495 e. The zero-order valence-corrected chi connectivity index (χ0v) is 19.7. The summed E-state index contributed by atoms with van der Waals surface area (Å²) < 4.78 is 10.7. The van der Waals surface area contributed by atoms with Crippen LogP contribution < -0.4 is 4.74 Å². The first-order chi connectivity index (χ1) is 15.6. The van der Waals surface area contributed by atoms with Gasteiger partial charge in [-0.1, -0.05) is 40.2 Å². The topological polar surface area (TPSA) is 57.8 Å². The summed E-state index contributed by atoms with van der Waals surface area (Å²) in [4.78, 5) is 9.17. The highest BCUT2D eigenvalue weighted by atomic mass is 79.9. The second kappa shape index (κ2) is 8.74. The van der Waals surface area contributed by atoms with Gasteiger partial charge in [0.25, 0.3) is 0 Å². The molecule has 1 aliphatic rings. The molecule has 0 saturated carbocycles. The predicted octanol–water partition coefficient (Wildman–Crippen LogP) is 5.64. The lowest BCUT2D eigenvalue weighted by Gasteiger charge is -2.22. The van der Waals surface area contributed by atoms with Gasteiger partial charge in [-0.25, -0.2) is 14.6 Å². The van der Waals surface area contributed by atoms with E-state index in [1.807, 2.05) is 42.0 Å². The van der Waals surface area contributed by atoms with E-state index in [2.05, 4.69) is 55.9 Å². The van der Waals surface area contributed by atoms with Gasteiger partial charge in [-0.05, 0) is 61.2 Å². The average Bonchev–Trinajstić information content (AvgIpc) is 3.43. The molecule has 1 aliphatic heterocycles. The number of aryl methyl sites for hydroxylation is 2. The van der Waals surface area contributed by atoms with Crippen molar-refractivity contribution in [1.29, 1.82) is 0 Å². The number of hydrogen-bond donors (Lipinski definition) is 0. The van der Waals surface area contributed by atoms with Crippen LogP contribution in [-0.4, -0.2) is 31.4 Å². The number of rotatable bonds is 5. The van der Waals surface area contributed by atoms with Crippen LogP contribution in [0.4, 0.5) is 0 Å². The normalized spacial score (nSPS) is 15.8. The Kier molecular flexibility index (Phi) is 5.66. The summed E-state index contributed by atoms with van der Waals surface area (Å²) in [5, 5.41) is 4.74. The van der Waals surface area contributed by atoms with Crippen LogP contribution in [0.2, 0.25) is 0 Å². The number of imidazole rings is 1. The number of ether oxygens (including phenoxy) is 1. The highest BCUT2D eigenvalue weighted by molar-refractivity contribution is 9.10. The van der Waals surface area contributed by atoms with Gasteiger partial charge in [-0.3, -0.25) is 0 Å². The van der Waals surface area contributed by atoms with Crippen molar-refractivity contribution < 1.29 is 4.74 Å². The van der Waals surface area contributed by atoms with Crippen molar-refractivity contribution >= 4 is 28.1 Å². The van der Waals surface area contributed by atoms with Gasteiger partial charge in [0.2, 0.25) is 0 Å². The number of nitrogens with zero attached hydrogens (tertiary/aromatic N) is 5. The second-order valence-corrected chi connectivity index (χ2v) is 8.90. The summed E-state index contributed by atoms with van der Waals surface area (Å²) >= 11 is 3.52. The molecule has 3 heterocycles. The van der Waals surface area contributed by atoms with Crippen molar-refractivity contribution in [3.63, 3.8) is 0 Å². The molecule has 1 atom stereocenters. The lowest BCUT2D eigenvalue weighted by Crippen LogP contribution is -2.17. The van der Waals surface area contributed by atoms with Gasteiger partial charge < -0.3 is 9.30 Å². The monoisotopic (exact) mass is 489 g/mol. The summed E-state index contributed by atoms with van der Waals surface area (Å²) in [5.74, 6) is 2.85. The quantitative estimate of drug-likeness (QED) is 0.364. The van der Waals surface area contributed by atoms with E-state index in [0.29, 0.717) is 0 Å². The van der Waals surface area contributed by atoms with Gasteiger partial charge in [0.1, 0.15) is 11.6 Å². The van der Waals surface area contributed by atoms with Crippen LogP contribution in [0.25, 0.3) is 17.8 Å². The Morgan fingerprint density at radius 1 is 1.12 bits per heavy atom. The number of aromatic nitrogens is 5. The van der Waals surface area contributed by atoms with Crippen LogP contribution in [0, 0.1) is 6.92 Å². The van der Waals surface area contributed by atoms with E-state index in [1.54, 1.807) is 13.4 Å². The van der Waals surface area contributed by atoms with Crippen LogP contribution in [0.1, 0.15) is 47.2 Å². The Morgan fingerprint density at radius 3 is 2.72 bits per heavy atom. The van der Waals surface area contributed by atoms with Crippen molar-refractivity contribution in [2.24, 2.45) is 0 Å². The first-order valence-electron chi connectivity index (χ1n) is 10.7. The molecule has 7 heteroatoms. The van der Waals surface area contributed by atoms with E-state index in [0.717, 1.165) is 58.2 Å². The standard InChI is InChI=1S/C25H24BrN5O/c1-17-15-30(16-27-17)22-11-5-18(14-23(22)32-2)6-12-24-28-25-21(4-3-13-31(25)29-24)19-7-9-20(26)10-8-19/h5-12,14-16,21H,3-4,13H2,1-2H3/b12-6+/t21-/m0/s1. The molecular weight excluding hydrogens is 466 g/mol. The van der Waals surface area contributed by atoms with E-state index in [-0.39, 0.29) is 5.92 Å². The first-order valence-corrected chi connectivity index (χ1v) is 11.5. The van der Waals surface area contributed by atoms with Gasteiger partial charge in [0, 0.05) is 23.1 Å². The molecule has 162 valence electrons. The van der Waals surface area contributed by atoms with Crippen molar-refractivity contribution in [1.82, 2.24) is 24.3 Å². The van der Waals surface area contributed by atoms with Crippen molar-refractivity contribution in [3.05, 3.63) is 87.9 Å². The molecule has 2 aromatic heterocycles. The molecule has 6 nitrogen and oxygen atoms in total. The van der Waals surface area contributed by atoms with Crippen molar-refractivity contribution in [2.45, 2.75) is 32.2 Å². The van der Waals surface area contributed by atoms with Gasteiger partial charge in [0.05, 0.1) is 24.8 Å². The number of methoxy groups -OCH3 is 1. The maximum atomic E-state index is 5.62. The molecule has 0 bridgehead atoms. The number of halogens is 1. The summed E-state index contributed by atoms with van der Waals surface area (Å²) in [7, 11) is 1.68. The fourth-order valence-electron chi connectivity index (χ4n) is 4.19. The Morgan fingerprint density at radius 2 is 1.97 bits per heavy atom. The summed E-state index contributed by atoms with van der Waals surface area (Å²) in [6.45, 7) is 2.88. The maximum absolute atomic E-state index is 5.62. The van der Waals surface area contributed by atoms with Gasteiger partial charge in [-0.15, -0.1) is 0 Å². The number of benzene rings is 2. The first kappa shape index (κ1) is 20.7. The van der Waals surface area contributed by atoms with Gasteiger partial charge in [-0.2, -0.15) is 5.10 Å². The van der Waals surface area contributed by atoms with Crippen LogP contribution in [0.3, 0.4) is 0 Å². The molecule has 0 amide bonds. The molecule has 0 saturated heterocycles. The third-order valence-corrected chi connectivity index (χ3v) is 6.31.